The highest BCUT2D eigenvalue weighted by Gasteiger charge is 2.39. The molecule has 2 bridgehead atoms. The van der Waals surface area contributed by atoms with Crippen molar-refractivity contribution >= 4 is 34.7 Å². The third-order valence-electron chi connectivity index (χ3n) is 8.73. The minimum atomic E-state index is -0.155. The number of aliphatic hydroxyl groups excluding tert-OH is 1. The molecule has 0 radical (unpaired) electrons. The first kappa shape index (κ1) is 32.6. The monoisotopic (exact) mass is 666 g/mol. The van der Waals surface area contributed by atoms with Gasteiger partial charge in [0.15, 0.2) is 5.75 Å². The summed E-state index contributed by atoms with van der Waals surface area (Å²) in [5.41, 5.74) is 5.68. The maximum absolute atomic E-state index is 14.2. The maximum atomic E-state index is 14.2. The third-order valence-corrected chi connectivity index (χ3v) is 9.30. The van der Waals surface area contributed by atoms with Crippen molar-refractivity contribution in [2.24, 2.45) is 5.92 Å². The molecule has 3 aliphatic rings. The van der Waals surface area contributed by atoms with Crippen LogP contribution in [0.3, 0.4) is 0 Å². The van der Waals surface area contributed by atoms with E-state index in [2.05, 4.69) is 20.9 Å². The highest BCUT2D eigenvalue weighted by molar-refractivity contribution is 6.37. The summed E-state index contributed by atoms with van der Waals surface area (Å²) in [6.07, 6.45) is 4.55. The fourth-order valence-corrected chi connectivity index (χ4v) is 7.09. The minimum absolute atomic E-state index is 0.0634. The summed E-state index contributed by atoms with van der Waals surface area (Å²) in [6, 6.07) is 13.5. The lowest BCUT2D eigenvalue weighted by Crippen LogP contribution is -2.59. The van der Waals surface area contributed by atoms with E-state index < -0.39 is 0 Å². The largest absolute Gasteiger partial charge is 0.490 e. The smallest absolute Gasteiger partial charge is 0.249 e. The van der Waals surface area contributed by atoms with Gasteiger partial charge in [-0.1, -0.05) is 35.3 Å². The van der Waals surface area contributed by atoms with Crippen LogP contribution in [0, 0.1) is 19.8 Å². The van der Waals surface area contributed by atoms with Gasteiger partial charge in [-0.2, -0.15) is 0 Å². The van der Waals surface area contributed by atoms with E-state index in [0.29, 0.717) is 46.5 Å². The van der Waals surface area contributed by atoms with Crippen molar-refractivity contribution < 1.29 is 24.1 Å². The number of piperazine rings is 1. The quantitative estimate of drug-likeness (QED) is 0.184. The number of amides is 1. The van der Waals surface area contributed by atoms with Gasteiger partial charge < -0.3 is 35.3 Å². The van der Waals surface area contributed by atoms with Crippen LogP contribution in [-0.2, 0) is 4.79 Å². The molecule has 6 rings (SSSR count). The Balaban J connectivity index is 1.18. The Labute approximate surface area is 279 Å². The zero-order chi connectivity index (χ0) is 32.2. The SMILES string of the molecule is Cc1cc(Cl)c(OCCOc2ccc(C3=C(C(=O)NC(c4ccnc(OCCO)c4C)C4CC4)[C@H]4CNCC(C3)N4)cc2)c(Cl)c1. The molecule has 2 unspecified atom stereocenters. The average Bonchev–Trinajstić information content (AvgIpc) is 3.88. The molecule has 244 valence electrons. The number of nitrogens with zero attached hydrogens (tertiary/aromatic N) is 1. The summed E-state index contributed by atoms with van der Waals surface area (Å²) in [7, 11) is 0. The molecule has 9 nitrogen and oxygen atoms in total. The van der Waals surface area contributed by atoms with Crippen molar-refractivity contribution in [1.29, 1.82) is 0 Å². The Hall–Kier alpha value is -3.34. The fraction of sp³-hybridized carbons (Fsp3) is 0.429. The number of carbonyl (C=O) groups excluding carboxylic acids is 1. The molecule has 1 amide bonds. The summed E-state index contributed by atoms with van der Waals surface area (Å²) in [6.45, 7) is 6.10. The number of ether oxygens (including phenoxy) is 3. The van der Waals surface area contributed by atoms with Crippen LogP contribution in [0.4, 0.5) is 0 Å². The van der Waals surface area contributed by atoms with Crippen molar-refractivity contribution in [2.45, 2.75) is 51.2 Å². The highest BCUT2D eigenvalue weighted by atomic mass is 35.5. The van der Waals surface area contributed by atoms with Gasteiger partial charge in [0, 0.05) is 36.5 Å². The number of aromatic nitrogens is 1. The third kappa shape index (κ3) is 7.45. The standard InChI is InChI=1S/C35H40Cl2N4O5/c1-20-15-28(36)33(29(37)16-20)45-14-13-44-25-7-5-22(6-8-25)27-17-24-18-38-19-30(40-24)31(27)34(43)41-32(23-3-4-23)26-9-10-39-35(21(26)2)46-12-11-42/h5-10,15-16,23-24,30,32,38,40,42H,3-4,11-14,17-19H2,1-2H3,(H,41,43)/t24?,30-,32?/m1/s1. The molecule has 2 fully saturated rings. The Kier molecular flexibility index (Phi) is 10.4. The molecule has 1 aromatic heterocycles. The zero-order valence-electron chi connectivity index (χ0n) is 26.1. The molecule has 1 saturated carbocycles. The predicted molar refractivity (Wildman–Crippen MR) is 179 cm³/mol. The van der Waals surface area contributed by atoms with Gasteiger partial charge in [0.25, 0.3) is 0 Å². The number of fused-ring (bicyclic) bond motifs is 2. The summed E-state index contributed by atoms with van der Waals surface area (Å²) in [5, 5.41) is 20.7. The molecule has 2 aromatic carbocycles. The van der Waals surface area contributed by atoms with Gasteiger partial charge in [-0.25, -0.2) is 4.98 Å². The molecule has 1 saturated heterocycles. The van der Waals surface area contributed by atoms with Crippen molar-refractivity contribution in [3.8, 4) is 17.4 Å². The number of aliphatic hydroxyl groups is 1. The Morgan fingerprint density at radius 1 is 1.02 bits per heavy atom. The molecule has 1 aliphatic carbocycles. The summed E-state index contributed by atoms with van der Waals surface area (Å²) in [5.74, 6) is 1.94. The van der Waals surface area contributed by atoms with E-state index in [1.807, 2.05) is 56.3 Å². The van der Waals surface area contributed by atoms with Gasteiger partial charge in [-0.05, 0) is 91.6 Å². The number of hydrogen-bond acceptors (Lipinski definition) is 8. The molecular weight excluding hydrogens is 627 g/mol. The van der Waals surface area contributed by atoms with Crippen molar-refractivity contribution in [3.63, 3.8) is 0 Å². The highest BCUT2D eigenvalue weighted by Crippen LogP contribution is 2.43. The van der Waals surface area contributed by atoms with E-state index in [4.69, 9.17) is 37.4 Å². The molecule has 3 aromatic rings. The fourth-order valence-electron chi connectivity index (χ4n) is 6.39. The molecule has 3 atom stereocenters. The van der Waals surface area contributed by atoms with Crippen molar-refractivity contribution in [2.75, 3.05) is 39.5 Å². The Morgan fingerprint density at radius 2 is 1.76 bits per heavy atom. The van der Waals surface area contributed by atoms with Crippen LogP contribution in [-0.4, -0.2) is 67.6 Å². The number of benzene rings is 2. The average molecular weight is 668 g/mol. The minimum Gasteiger partial charge on any atom is -0.490 e. The van der Waals surface area contributed by atoms with Crippen LogP contribution < -0.4 is 30.2 Å². The Bertz CT molecular complexity index is 1570. The van der Waals surface area contributed by atoms with Crippen LogP contribution in [0.5, 0.6) is 17.4 Å². The van der Waals surface area contributed by atoms with E-state index >= 15 is 0 Å². The first-order valence-electron chi connectivity index (χ1n) is 15.8. The second kappa shape index (κ2) is 14.6. The van der Waals surface area contributed by atoms with Gasteiger partial charge in [-0.3, -0.25) is 4.79 Å². The van der Waals surface area contributed by atoms with Crippen LogP contribution in [0.1, 0.15) is 47.6 Å². The number of carbonyl (C=O) groups is 1. The van der Waals surface area contributed by atoms with Crippen LogP contribution >= 0.6 is 23.2 Å². The maximum Gasteiger partial charge on any atom is 0.249 e. The van der Waals surface area contributed by atoms with E-state index in [1.54, 1.807) is 6.20 Å². The van der Waals surface area contributed by atoms with E-state index in [0.717, 1.165) is 59.2 Å². The molecule has 3 heterocycles. The first-order valence-corrected chi connectivity index (χ1v) is 16.6. The summed E-state index contributed by atoms with van der Waals surface area (Å²) >= 11 is 12.6. The van der Waals surface area contributed by atoms with E-state index in [9.17, 15) is 9.90 Å². The number of hydrogen-bond donors (Lipinski definition) is 4. The lowest BCUT2D eigenvalue weighted by molar-refractivity contribution is -0.118. The van der Waals surface area contributed by atoms with Gasteiger partial charge in [-0.15, -0.1) is 0 Å². The van der Waals surface area contributed by atoms with Gasteiger partial charge in [0.05, 0.1) is 28.7 Å². The van der Waals surface area contributed by atoms with Crippen LogP contribution in [0.25, 0.3) is 5.57 Å². The molecule has 0 spiro atoms. The van der Waals surface area contributed by atoms with Crippen molar-refractivity contribution in [1.82, 2.24) is 20.9 Å². The molecular formula is C35H40Cl2N4O5. The number of aryl methyl sites for hydroxylation is 1. The number of rotatable bonds is 13. The van der Waals surface area contributed by atoms with Crippen LogP contribution in [0.15, 0.2) is 54.2 Å². The zero-order valence-corrected chi connectivity index (χ0v) is 27.6. The number of halogens is 2. The second-order valence-electron chi connectivity index (χ2n) is 12.1. The van der Waals surface area contributed by atoms with Crippen LogP contribution in [0.2, 0.25) is 10.0 Å². The van der Waals surface area contributed by atoms with Gasteiger partial charge >= 0.3 is 0 Å². The predicted octanol–water partition coefficient (Wildman–Crippen LogP) is 5.19. The normalized spacial score (nSPS) is 19.8. The van der Waals surface area contributed by atoms with Gasteiger partial charge in [0.1, 0.15) is 25.6 Å². The lowest BCUT2D eigenvalue weighted by atomic mass is 9.83. The number of pyridine rings is 1. The molecule has 4 N–H and O–H groups in total. The van der Waals surface area contributed by atoms with E-state index in [-0.39, 0.29) is 43.9 Å². The Morgan fingerprint density at radius 3 is 2.48 bits per heavy atom. The summed E-state index contributed by atoms with van der Waals surface area (Å²) in [4.78, 5) is 18.6. The van der Waals surface area contributed by atoms with Gasteiger partial charge in [0.2, 0.25) is 11.8 Å². The topological polar surface area (TPSA) is 114 Å². The first-order chi connectivity index (χ1) is 22.3. The summed E-state index contributed by atoms with van der Waals surface area (Å²) < 4.78 is 17.4. The van der Waals surface area contributed by atoms with Crippen molar-refractivity contribution in [3.05, 3.63) is 86.5 Å². The number of nitrogens with one attached hydrogen (secondary N) is 3. The lowest BCUT2D eigenvalue weighted by Gasteiger charge is -2.39. The molecule has 46 heavy (non-hydrogen) atoms. The molecule has 11 heteroatoms. The second-order valence-corrected chi connectivity index (χ2v) is 13.0. The van der Waals surface area contributed by atoms with E-state index in [1.165, 1.54) is 0 Å². The molecule has 2 aliphatic heterocycles.